The van der Waals surface area contributed by atoms with Crippen molar-refractivity contribution in [3.8, 4) is 0 Å². The Morgan fingerprint density at radius 1 is 1.29 bits per heavy atom. The quantitative estimate of drug-likeness (QED) is 0.499. The van der Waals surface area contributed by atoms with E-state index < -0.39 is 0 Å². The predicted molar refractivity (Wildman–Crippen MR) is 84.3 cm³/mol. The second-order valence-corrected chi connectivity index (χ2v) is 7.05. The molecule has 0 aliphatic heterocycles. The third-order valence-corrected chi connectivity index (χ3v) is 5.91. The van der Waals surface area contributed by atoms with Gasteiger partial charge in [-0.25, -0.2) is 0 Å². The van der Waals surface area contributed by atoms with Gasteiger partial charge in [-0.2, -0.15) is 0 Å². The third-order valence-electron chi connectivity index (χ3n) is 2.93. The Hall–Kier alpha value is 0.380. The molecule has 0 radical (unpaired) electrons. The minimum Gasteiger partial charge on any atom is -0.349 e. The zero-order valence-corrected chi connectivity index (χ0v) is 14.4. The lowest BCUT2D eigenvalue weighted by Crippen LogP contribution is -2.33. The number of hydrogen-bond acceptors (Lipinski definition) is 1. The van der Waals surface area contributed by atoms with Crippen molar-refractivity contribution in [1.29, 1.82) is 0 Å². The summed E-state index contributed by atoms with van der Waals surface area (Å²) in [4.78, 5) is 12.2. The fraction of sp³-hybridized carbons (Fsp3) is 0.417. The Kier molecular flexibility index (Phi) is 4.88. The third kappa shape index (κ3) is 3.44. The van der Waals surface area contributed by atoms with E-state index in [0.717, 1.165) is 30.9 Å². The van der Waals surface area contributed by atoms with Crippen LogP contribution in [0.15, 0.2) is 21.1 Å². The van der Waals surface area contributed by atoms with Gasteiger partial charge in [-0.05, 0) is 63.5 Å². The lowest BCUT2D eigenvalue weighted by Gasteiger charge is -2.13. The molecule has 1 saturated carbocycles. The number of nitrogens with one attached hydrogen (secondary N) is 1. The second kappa shape index (κ2) is 6.02. The first-order chi connectivity index (χ1) is 8.08. The Morgan fingerprint density at radius 3 is 2.59 bits per heavy atom. The van der Waals surface area contributed by atoms with Crippen LogP contribution in [0.4, 0.5) is 0 Å². The Labute approximate surface area is 131 Å². The van der Waals surface area contributed by atoms with E-state index in [9.17, 15) is 4.79 Å². The summed E-state index contributed by atoms with van der Waals surface area (Å²) in [5.74, 6) is 0.0308. The van der Waals surface area contributed by atoms with Crippen LogP contribution in [0.1, 0.15) is 36.0 Å². The van der Waals surface area contributed by atoms with Crippen molar-refractivity contribution >= 4 is 60.4 Å². The summed E-state index contributed by atoms with van der Waals surface area (Å²) in [6, 6.07) is 4.18. The highest BCUT2D eigenvalue weighted by Crippen LogP contribution is 2.28. The van der Waals surface area contributed by atoms with Crippen molar-refractivity contribution in [2.24, 2.45) is 0 Å². The van der Waals surface area contributed by atoms with Gasteiger partial charge in [0.05, 0.1) is 5.56 Å². The molecule has 92 valence electrons. The zero-order valence-electron chi connectivity index (χ0n) is 9.10. The zero-order chi connectivity index (χ0) is 12.4. The SMILES string of the molecule is O=C(NC1CCCC1)c1cc(Br)cc(Br)c1I. The second-order valence-electron chi connectivity index (χ2n) is 4.20. The summed E-state index contributed by atoms with van der Waals surface area (Å²) in [6.07, 6.45) is 4.67. The van der Waals surface area contributed by atoms with Crippen molar-refractivity contribution in [1.82, 2.24) is 5.32 Å². The van der Waals surface area contributed by atoms with Gasteiger partial charge in [0.15, 0.2) is 0 Å². The van der Waals surface area contributed by atoms with Gasteiger partial charge in [0.25, 0.3) is 5.91 Å². The standard InChI is InChI=1S/C12H12Br2INO/c13-7-5-9(11(15)10(14)6-7)12(17)16-8-3-1-2-4-8/h5-6,8H,1-4H2,(H,16,17). The van der Waals surface area contributed by atoms with Crippen LogP contribution in [0.2, 0.25) is 0 Å². The van der Waals surface area contributed by atoms with E-state index in [2.05, 4.69) is 59.8 Å². The lowest BCUT2D eigenvalue weighted by atomic mass is 10.2. The molecule has 2 rings (SSSR count). The molecule has 1 aliphatic carbocycles. The van der Waals surface area contributed by atoms with Crippen molar-refractivity contribution < 1.29 is 4.79 Å². The summed E-state index contributed by atoms with van der Waals surface area (Å²) in [5.41, 5.74) is 0.735. The normalized spacial score (nSPS) is 16.2. The average molecular weight is 473 g/mol. The number of carbonyl (C=O) groups excluding carboxylic acids is 1. The summed E-state index contributed by atoms with van der Waals surface area (Å²) >= 11 is 9.07. The summed E-state index contributed by atoms with van der Waals surface area (Å²) < 4.78 is 2.83. The van der Waals surface area contributed by atoms with E-state index in [1.165, 1.54) is 12.8 Å². The molecular weight excluding hydrogens is 461 g/mol. The molecule has 1 fully saturated rings. The van der Waals surface area contributed by atoms with Gasteiger partial charge in [-0.15, -0.1) is 0 Å². The minimum atomic E-state index is 0.0308. The van der Waals surface area contributed by atoms with Gasteiger partial charge in [-0.1, -0.05) is 28.8 Å². The van der Waals surface area contributed by atoms with Crippen molar-refractivity contribution in [2.75, 3.05) is 0 Å². The first-order valence-electron chi connectivity index (χ1n) is 5.53. The topological polar surface area (TPSA) is 29.1 Å². The van der Waals surface area contributed by atoms with Crippen LogP contribution in [-0.4, -0.2) is 11.9 Å². The first-order valence-corrected chi connectivity index (χ1v) is 8.20. The molecule has 1 aromatic rings. The largest absolute Gasteiger partial charge is 0.349 e. The van der Waals surface area contributed by atoms with Gasteiger partial charge < -0.3 is 5.32 Å². The maximum atomic E-state index is 12.2. The van der Waals surface area contributed by atoms with Gasteiger partial charge in [0.1, 0.15) is 0 Å². The van der Waals surface area contributed by atoms with Crippen LogP contribution in [-0.2, 0) is 0 Å². The van der Waals surface area contributed by atoms with Crippen LogP contribution >= 0.6 is 54.5 Å². The van der Waals surface area contributed by atoms with Crippen molar-refractivity contribution in [3.63, 3.8) is 0 Å². The molecule has 0 heterocycles. The molecule has 1 aliphatic rings. The first kappa shape index (κ1) is 13.8. The Morgan fingerprint density at radius 2 is 1.94 bits per heavy atom. The highest BCUT2D eigenvalue weighted by atomic mass is 127. The molecule has 5 heteroatoms. The molecular formula is C12H12Br2INO. The Bertz CT molecular complexity index is 444. The minimum absolute atomic E-state index is 0.0308. The molecule has 0 bridgehead atoms. The fourth-order valence-corrected chi connectivity index (χ4v) is 3.84. The van der Waals surface area contributed by atoms with Crippen LogP contribution in [0.5, 0.6) is 0 Å². The molecule has 1 amide bonds. The molecule has 0 aromatic heterocycles. The monoisotopic (exact) mass is 471 g/mol. The number of carbonyl (C=O) groups is 1. The summed E-state index contributed by atoms with van der Waals surface area (Å²) in [5, 5.41) is 3.11. The van der Waals surface area contributed by atoms with Crippen molar-refractivity contribution in [3.05, 3.63) is 30.2 Å². The van der Waals surface area contributed by atoms with Gasteiger partial charge in [-0.3, -0.25) is 4.79 Å². The smallest absolute Gasteiger partial charge is 0.252 e. The van der Waals surface area contributed by atoms with Crippen LogP contribution in [0.25, 0.3) is 0 Å². The number of hydrogen-bond donors (Lipinski definition) is 1. The predicted octanol–water partition coefficient (Wildman–Crippen LogP) is 4.49. The summed E-state index contributed by atoms with van der Waals surface area (Å²) in [6.45, 7) is 0. The van der Waals surface area contributed by atoms with E-state index in [4.69, 9.17) is 0 Å². The molecule has 2 nitrogen and oxygen atoms in total. The molecule has 0 atom stereocenters. The van der Waals surface area contributed by atoms with E-state index >= 15 is 0 Å². The number of benzene rings is 1. The van der Waals surface area contributed by atoms with Gasteiger partial charge in [0.2, 0.25) is 0 Å². The average Bonchev–Trinajstić information content (AvgIpc) is 2.76. The maximum absolute atomic E-state index is 12.2. The van der Waals surface area contributed by atoms with Crippen LogP contribution in [0.3, 0.4) is 0 Å². The van der Waals surface area contributed by atoms with Crippen LogP contribution in [0, 0.1) is 3.57 Å². The fourth-order valence-electron chi connectivity index (χ4n) is 2.05. The highest BCUT2D eigenvalue weighted by molar-refractivity contribution is 14.1. The van der Waals surface area contributed by atoms with E-state index in [-0.39, 0.29) is 5.91 Å². The van der Waals surface area contributed by atoms with Gasteiger partial charge in [0, 0.05) is 18.6 Å². The van der Waals surface area contributed by atoms with E-state index in [0.29, 0.717) is 6.04 Å². The number of rotatable bonds is 2. The van der Waals surface area contributed by atoms with Crippen LogP contribution < -0.4 is 5.32 Å². The van der Waals surface area contributed by atoms with Crippen molar-refractivity contribution in [2.45, 2.75) is 31.7 Å². The molecule has 0 saturated heterocycles. The molecule has 1 N–H and O–H groups in total. The van der Waals surface area contributed by atoms with E-state index in [1.54, 1.807) is 0 Å². The highest BCUT2D eigenvalue weighted by Gasteiger charge is 2.20. The number of amides is 1. The Balaban J connectivity index is 2.18. The van der Waals surface area contributed by atoms with Gasteiger partial charge >= 0.3 is 0 Å². The molecule has 0 spiro atoms. The maximum Gasteiger partial charge on any atom is 0.252 e. The van der Waals surface area contributed by atoms with E-state index in [1.807, 2.05) is 12.1 Å². The molecule has 17 heavy (non-hydrogen) atoms. The number of halogens is 3. The summed E-state index contributed by atoms with van der Waals surface area (Å²) in [7, 11) is 0. The lowest BCUT2D eigenvalue weighted by molar-refractivity contribution is 0.0937. The molecule has 0 unspecified atom stereocenters. The molecule has 1 aromatic carbocycles.